The van der Waals surface area contributed by atoms with Crippen LogP contribution in [0.4, 0.5) is 9.57 Å². The summed E-state index contributed by atoms with van der Waals surface area (Å²) in [4.78, 5) is 23.1. The Morgan fingerprint density at radius 2 is 2.18 bits per heavy atom. The van der Waals surface area contributed by atoms with E-state index in [2.05, 4.69) is 15.3 Å². The van der Waals surface area contributed by atoms with Crippen LogP contribution in [-0.4, -0.2) is 50.1 Å². The van der Waals surface area contributed by atoms with Crippen LogP contribution < -0.4 is 5.32 Å². The molecule has 7 nitrogen and oxygen atoms in total. The van der Waals surface area contributed by atoms with Gasteiger partial charge in [-0.2, -0.15) is 0 Å². The van der Waals surface area contributed by atoms with Crippen LogP contribution in [0, 0.1) is 5.41 Å². The Morgan fingerprint density at radius 1 is 1.43 bits per heavy atom. The predicted octanol–water partition coefficient (Wildman–Crippen LogP) is 3.77. The standard InChI is InChI=1S/C18H16ClFN6OS/c1-9-7-25(9)18(27)12-8-26(28-20)17-16(12)24-14(6-23-17)15(21)11-4-3-10(19)5-13(11)22-2/h3-6,8-9,21-22H,7H2,1-2H3. The molecule has 1 aromatic carbocycles. The maximum absolute atomic E-state index is 13.3. The molecule has 0 aliphatic carbocycles. The lowest BCUT2D eigenvalue weighted by Gasteiger charge is -2.10. The predicted molar refractivity (Wildman–Crippen MR) is 109 cm³/mol. The lowest BCUT2D eigenvalue weighted by molar-refractivity contribution is 0.0878. The molecular formula is C18H16ClFN6OS. The number of halogens is 2. The Morgan fingerprint density at radius 3 is 2.82 bits per heavy atom. The summed E-state index contributed by atoms with van der Waals surface area (Å²) in [6.07, 6.45) is 2.80. The molecule has 1 fully saturated rings. The van der Waals surface area contributed by atoms with E-state index in [4.69, 9.17) is 17.0 Å². The van der Waals surface area contributed by atoms with E-state index in [1.807, 2.05) is 6.92 Å². The number of fused-ring (bicyclic) bond motifs is 1. The maximum Gasteiger partial charge on any atom is 0.258 e. The first-order valence-corrected chi connectivity index (χ1v) is 9.54. The topological polar surface area (TPSA) is 86.7 Å². The summed E-state index contributed by atoms with van der Waals surface area (Å²) in [7, 11) is 1.73. The lowest BCUT2D eigenvalue weighted by Crippen LogP contribution is -2.13. The van der Waals surface area contributed by atoms with Gasteiger partial charge < -0.3 is 10.2 Å². The molecule has 1 amide bonds. The molecule has 0 bridgehead atoms. The number of amides is 1. The minimum absolute atomic E-state index is 0.0472. The number of hydrogen-bond donors (Lipinski definition) is 2. The Kier molecular flexibility index (Phi) is 4.72. The third-order valence-corrected chi connectivity index (χ3v) is 5.33. The fourth-order valence-electron chi connectivity index (χ4n) is 3.05. The summed E-state index contributed by atoms with van der Waals surface area (Å²) >= 11 is 5.98. The van der Waals surface area contributed by atoms with Gasteiger partial charge in [0, 0.05) is 42.1 Å². The van der Waals surface area contributed by atoms with E-state index < -0.39 is 0 Å². The van der Waals surface area contributed by atoms with Crippen LogP contribution in [0.5, 0.6) is 0 Å². The third-order valence-electron chi connectivity index (χ3n) is 4.66. The van der Waals surface area contributed by atoms with Crippen molar-refractivity contribution in [1.29, 1.82) is 5.41 Å². The van der Waals surface area contributed by atoms with Gasteiger partial charge in [-0.3, -0.25) is 10.2 Å². The van der Waals surface area contributed by atoms with E-state index in [1.165, 1.54) is 16.4 Å². The number of benzene rings is 1. The molecule has 144 valence electrons. The summed E-state index contributed by atoms with van der Waals surface area (Å²) in [6.45, 7) is 2.60. The zero-order valence-electron chi connectivity index (χ0n) is 15.0. The van der Waals surface area contributed by atoms with E-state index in [0.29, 0.717) is 22.8 Å². The molecule has 1 saturated heterocycles. The second-order valence-corrected chi connectivity index (χ2v) is 7.45. The van der Waals surface area contributed by atoms with Gasteiger partial charge in [-0.1, -0.05) is 11.6 Å². The molecule has 1 unspecified atom stereocenters. The number of carbonyl (C=O) groups is 1. The van der Waals surface area contributed by atoms with Crippen molar-refractivity contribution in [2.45, 2.75) is 13.0 Å². The quantitative estimate of drug-likeness (QED) is 0.486. The average molecular weight is 419 g/mol. The molecule has 1 aliphatic rings. The molecule has 10 heteroatoms. The number of anilines is 1. The number of aromatic nitrogens is 3. The molecule has 28 heavy (non-hydrogen) atoms. The first-order chi connectivity index (χ1) is 13.4. The molecule has 1 aliphatic heterocycles. The zero-order valence-corrected chi connectivity index (χ0v) is 16.6. The van der Waals surface area contributed by atoms with E-state index >= 15 is 0 Å². The molecule has 2 N–H and O–H groups in total. The highest BCUT2D eigenvalue weighted by Gasteiger charge is 2.36. The molecule has 1 atom stereocenters. The summed E-state index contributed by atoms with van der Waals surface area (Å²) in [5.41, 5.74) is 2.45. The lowest BCUT2D eigenvalue weighted by atomic mass is 10.1. The number of nitrogens with zero attached hydrogens (tertiary/aromatic N) is 4. The number of carbonyl (C=O) groups excluding carboxylic acids is 1. The van der Waals surface area contributed by atoms with Gasteiger partial charge in [-0.25, -0.2) is 13.9 Å². The molecule has 0 radical (unpaired) electrons. The van der Waals surface area contributed by atoms with Gasteiger partial charge >= 0.3 is 0 Å². The van der Waals surface area contributed by atoms with Crippen LogP contribution in [0.2, 0.25) is 5.02 Å². The van der Waals surface area contributed by atoms with Crippen molar-refractivity contribution in [3.8, 4) is 0 Å². The van der Waals surface area contributed by atoms with Crippen LogP contribution in [-0.2, 0) is 0 Å². The van der Waals surface area contributed by atoms with Gasteiger partial charge in [0.05, 0.1) is 17.5 Å². The molecule has 2 aromatic heterocycles. The Balaban J connectivity index is 1.81. The number of hydrogen-bond acceptors (Lipinski definition) is 6. The van der Waals surface area contributed by atoms with E-state index in [9.17, 15) is 8.68 Å². The molecule has 0 spiro atoms. The second kappa shape index (κ2) is 7.06. The smallest absolute Gasteiger partial charge is 0.258 e. The van der Waals surface area contributed by atoms with Gasteiger partial charge in [-0.05, 0) is 25.1 Å². The molecular weight excluding hydrogens is 403 g/mol. The van der Waals surface area contributed by atoms with Crippen LogP contribution in [0.25, 0.3) is 11.2 Å². The van der Waals surface area contributed by atoms with Crippen molar-refractivity contribution in [2.75, 3.05) is 18.9 Å². The summed E-state index contributed by atoms with van der Waals surface area (Å²) in [5, 5.41) is 12.1. The SMILES string of the molecule is CNc1cc(Cl)ccc1C(=N)c1cnc2c(n1)c(C(=O)N1CC1C)cn2SF. The monoisotopic (exact) mass is 418 g/mol. The van der Waals surface area contributed by atoms with E-state index in [-0.39, 0.29) is 52.4 Å². The van der Waals surface area contributed by atoms with Crippen LogP contribution in [0.15, 0.2) is 30.6 Å². The minimum Gasteiger partial charge on any atom is -0.388 e. The fourth-order valence-corrected chi connectivity index (χ4v) is 3.56. The van der Waals surface area contributed by atoms with Crippen molar-refractivity contribution in [1.82, 2.24) is 18.8 Å². The van der Waals surface area contributed by atoms with Crippen LogP contribution in [0.3, 0.4) is 0 Å². The first kappa shape index (κ1) is 18.7. The van der Waals surface area contributed by atoms with Crippen LogP contribution >= 0.6 is 23.9 Å². The average Bonchev–Trinajstić information content (AvgIpc) is 3.32. The van der Waals surface area contributed by atoms with Crippen molar-refractivity contribution >= 4 is 52.4 Å². The number of nitrogens with one attached hydrogen (secondary N) is 2. The van der Waals surface area contributed by atoms with Gasteiger partial charge in [-0.15, -0.1) is 3.89 Å². The highest BCUT2D eigenvalue weighted by atomic mass is 35.5. The van der Waals surface area contributed by atoms with E-state index in [0.717, 1.165) is 0 Å². The van der Waals surface area contributed by atoms with Gasteiger partial charge in [0.1, 0.15) is 11.2 Å². The summed E-state index contributed by atoms with van der Waals surface area (Å²) in [6, 6.07) is 5.27. The second-order valence-electron chi connectivity index (χ2n) is 6.49. The van der Waals surface area contributed by atoms with E-state index in [1.54, 1.807) is 30.1 Å². The maximum atomic E-state index is 13.3. The third kappa shape index (κ3) is 3.10. The number of rotatable bonds is 5. The van der Waals surface area contributed by atoms with Crippen molar-refractivity contribution in [3.63, 3.8) is 0 Å². The van der Waals surface area contributed by atoms with Gasteiger partial charge in [0.2, 0.25) is 0 Å². The van der Waals surface area contributed by atoms with Crippen molar-refractivity contribution in [3.05, 3.63) is 52.4 Å². The summed E-state index contributed by atoms with van der Waals surface area (Å²) in [5.74, 6) is -0.217. The highest BCUT2D eigenvalue weighted by Crippen LogP contribution is 2.29. The molecule has 3 heterocycles. The van der Waals surface area contributed by atoms with Crippen molar-refractivity contribution < 1.29 is 8.68 Å². The van der Waals surface area contributed by atoms with Crippen molar-refractivity contribution in [2.24, 2.45) is 0 Å². The Hall–Kier alpha value is -2.65. The first-order valence-electron chi connectivity index (χ1n) is 8.49. The Labute approximate surface area is 169 Å². The van der Waals surface area contributed by atoms with Crippen LogP contribution in [0.1, 0.15) is 28.5 Å². The van der Waals surface area contributed by atoms with Gasteiger partial charge in [0.15, 0.2) is 18.0 Å². The normalized spacial score (nSPS) is 15.7. The fraction of sp³-hybridized carbons (Fsp3) is 0.222. The Bertz CT molecular complexity index is 1120. The molecule has 4 rings (SSSR count). The largest absolute Gasteiger partial charge is 0.388 e. The molecule has 3 aromatic rings. The zero-order chi connectivity index (χ0) is 20.0. The summed E-state index contributed by atoms with van der Waals surface area (Å²) < 4.78 is 14.5. The highest BCUT2D eigenvalue weighted by molar-refractivity contribution is 7.92. The van der Waals surface area contributed by atoms with Gasteiger partial charge in [0.25, 0.3) is 5.91 Å². The molecule has 0 saturated carbocycles. The minimum atomic E-state index is -0.217.